The van der Waals surface area contributed by atoms with Crippen LogP contribution in [0, 0.1) is 0 Å². The number of amides is 1. The molecule has 1 aliphatic rings. The third kappa shape index (κ3) is 4.46. The fourth-order valence-electron chi connectivity index (χ4n) is 1.35. The molecule has 1 rings (SSSR count). The first kappa shape index (κ1) is 13.5. The number of carbonyl (C=O) groups excluding carboxylic acids is 2. The van der Waals surface area contributed by atoms with E-state index in [-0.39, 0.29) is 5.78 Å². The van der Waals surface area contributed by atoms with Gasteiger partial charge in [-0.1, -0.05) is 0 Å². The lowest BCUT2D eigenvalue weighted by Gasteiger charge is -2.21. The van der Waals surface area contributed by atoms with Crippen LogP contribution in [0.1, 0.15) is 34.1 Å². The molecule has 0 aromatic heterocycles. The van der Waals surface area contributed by atoms with Crippen molar-refractivity contribution in [2.45, 2.75) is 45.8 Å². The van der Waals surface area contributed by atoms with E-state index in [1.165, 1.54) is 0 Å². The molecule has 0 saturated carbocycles. The second kappa shape index (κ2) is 5.21. The Balaban J connectivity index is 2.46. The topological polar surface area (TPSA) is 64.6 Å². The summed E-state index contributed by atoms with van der Waals surface area (Å²) in [5.41, 5.74) is -0.573. The summed E-state index contributed by atoms with van der Waals surface area (Å²) in [5.74, 6) is 0.0990. The van der Waals surface area contributed by atoms with Crippen LogP contribution < -0.4 is 5.32 Å². The number of hydrogen-bond donors (Lipinski definition) is 1. The summed E-state index contributed by atoms with van der Waals surface area (Å²) < 4.78 is 10.2. The summed E-state index contributed by atoms with van der Waals surface area (Å²) in [4.78, 5) is 23.2. The van der Waals surface area contributed by atoms with Crippen molar-refractivity contribution < 1.29 is 19.1 Å². The van der Waals surface area contributed by atoms with E-state index in [9.17, 15) is 9.59 Å². The van der Waals surface area contributed by atoms with Crippen molar-refractivity contribution in [1.29, 1.82) is 0 Å². The molecule has 1 atom stereocenters. The smallest absolute Gasteiger partial charge is 0.408 e. The Morgan fingerprint density at radius 1 is 1.47 bits per heavy atom. The normalized spacial score (nSPS) is 16.8. The van der Waals surface area contributed by atoms with Crippen LogP contribution in [-0.2, 0) is 14.3 Å². The minimum Gasteiger partial charge on any atom is -0.490 e. The summed E-state index contributed by atoms with van der Waals surface area (Å²) in [7, 11) is 0. The molecular weight excluding hydrogens is 222 g/mol. The number of carbonyl (C=O) groups is 2. The molecule has 96 valence electrons. The highest BCUT2D eigenvalue weighted by Gasteiger charge is 2.25. The maximum absolute atomic E-state index is 11.8. The van der Waals surface area contributed by atoms with E-state index in [0.717, 1.165) is 6.42 Å². The zero-order chi connectivity index (χ0) is 13.1. The van der Waals surface area contributed by atoms with Crippen molar-refractivity contribution in [2.24, 2.45) is 0 Å². The highest BCUT2D eigenvalue weighted by molar-refractivity contribution is 5.99. The van der Waals surface area contributed by atoms with E-state index in [0.29, 0.717) is 12.4 Å². The van der Waals surface area contributed by atoms with Gasteiger partial charge in [0.25, 0.3) is 0 Å². The van der Waals surface area contributed by atoms with Crippen molar-refractivity contribution in [3.05, 3.63) is 11.8 Å². The van der Waals surface area contributed by atoms with Gasteiger partial charge in [0.05, 0.1) is 12.6 Å². The van der Waals surface area contributed by atoms with Gasteiger partial charge in [-0.25, -0.2) is 4.79 Å². The van der Waals surface area contributed by atoms with Gasteiger partial charge in [0.1, 0.15) is 5.60 Å². The number of hydrogen-bond acceptors (Lipinski definition) is 4. The quantitative estimate of drug-likeness (QED) is 0.818. The van der Waals surface area contributed by atoms with E-state index < -0.39 is 17.7 Å². The van der Waals surface area contributed by atoms with Crippen molar-refractivity contribution >= 4 is 11.9 Å². The van der Waals surface area contributed by atoms with E-state index in [2.05, 4.69) is 5.32 Å². The SMILES string of the molecule is C[C@@H](NC(=O)OC(C)(C)C)C(=O)C1=CCCO1. The number of ether oxygens (including phenoxy) is 2. The Morgan fingerprint density at radius 3 is 2.59 bits per heavy atom. The van der Waals surface area contributed by atoms with Gasteiger partial charge in [-0.05, 0) is 33.8 Å². The minimum absolute atomic E-state index is 0.228. The standard InChI is InChI=1S/C12H19NO4/c1-8(10(14)9-6-5-7-16-9)13-11(15)17-12(2,3)4/h6,8H,5,7H2,1-4H3,(H,13,15)/t8-/m1/s1. The van der Waals surface area contributed by atoms with Crippen molar-refractivity contribution in [1.82, 2.24) is 5.32 Å². The maximum atomic E-state index is 11.8. The first-order valence-corrected chi connectivity index (χ1v) is 5.66. The highest BCUT2D eigenvalue weighted by Crippen LogP contribution is 2.12. The molecule has 0 aromatic rings. The summed E-state index contributed by atoms with van der Waals surface area (Å²) >= 11 is 0. The van der Waals surface area contributed by atoms with Gasteiger partial charge in [0.15, 0.2) is 5.76 Å². The van der Waals surface area contributed by atoms with Crippen molar-refractivity contribution in [3.63, 3.8) is 0 Å². The van der Waals surface area contributed by atoms with Crippen LogP contribution in [-0.4, -0.2) is 30.1 Å². The van der Waals surface area contributed by atoms with Crippen LogP contribution in [0.3, 0.4) is 0 Å². The second-order valence-corrected chi connectivity index (χ2v) is 4.94. The Bertz CT molecular complexity index is 341. The van der Waals surface area contributed by atoms with Gasteiger partial charge >= 0.3 is 6.09 Å². The molecule has 1 amide bonds. The third-order valence-corrected chi connectivity index (χ3v) is 2.07. The summed E-state index contributed by atoms with van der Waals surface area (Å²) in [5, 5.41) is 2.48. The first-order chi connectivity index (χ1) is 7.79. The van der Waals surface area contributed by atoms with E-state index in [1.54, 1.807) is 33.8 Å². The van der Waals surface area contributed by atoms with Crippen LogP contribution in [0.2, 0.25) is 0 Å². The number of Topliss-reactive ketones (excluding diaryl/α,β-unsaturated/α-hetero) is 1. The molecule has 0 saturated heterocycles. The summed E-state index contributed by atoms with van der Waals surface area (Å²) in [6.45, 7) is 7.43. The van der Waals surface area contributed by atoms with E-state index >= 15 is 0 Å². The van der Waals surface area contributed by atoms with Crippen LogP contribution in [0.4, 0.5) is 4.79 Å². The fraction of sp³-hybridized carbons (Fsp3) is 0.667. The van der Waals surface area contributed by atoms with Gasteiger partial charge in [0.2, 0.25) is 5.78 Å². The molecule has 0 unspecified atom stereocenters. The van der Waals surface area contributed by atoms with Gasteiger partial charge in [-0.3, -0.25) is 4.79 Å². The average Bonchev–Trinajstić information content (AvgIpc) is 2.65. The van der Waals surface area contributed by atoms with Gasteiger partial charge in [0, 0.05) is 6.42 Å². The molecule has 0 aromatic carbocycles. The van der Waals surface area contributed by atoms with Crippen molar-refractivity contribution in [3.8, 4) is 0 Å². The summed E-state index contributed by atoms with van der Waals surface area (Å²) in [6.07, 6.45) is 1.87. The molecule has 0 bridgehead atoms. The fourth-order valence-corrected chi connectivity index (χ4v) is 1.35. The molecule has 1 heterocycles. The second-order valence-electron chi connectivity index (χ2n) is 4.94. The molecule has 0 radical (unpaired) electrons. The van der Waals surface area contributed by atoms with Gasteiger partial charge < -0.3 is 14.8 Å². The summed E-state index contributed by atoms with van der Waals surface area (Å²) in [6, 6.07) is -0.644. The lowest BCUT2D eigenvalue weighted by molar-refractivity contribution is -0.120. The van der Waals surface area contributed by atoms with Gasteiger partial charge in [-0.15, -0.1) is 0 Å². The molecule has 0 spiro atoms. The average molecular weight is 241 g/mol. The number of ketones is 1. The van der Waals surface area contributed by atoms with E-state index in [4.69, 9.17) is 9.47 Å². The lowest BCUT2D eigenvalue weighted by Crippen LogP contribution is -2.42. The minimum atomic E-state index is -0.644. The van der Waals surface area contributed by atoms with Crippen LogP contribution >= 0.6 is 0 Å². The molecular formula is C12H19NO4. The largest absolute Gasteiger partial charge is 0.490 e. The predicted octanol–water partition coefficient (Wildman–Crippen LogP) is 1.77. The molecule has 5 heteroatoms. The third-order valence-electron chi connectivity index (χ3n) is 2.07. The molecule has 5 nitrogen and oxygen atoms in total. The number of nitrogens with one attached hydrogen (secondary N) is 1. The lowest BCUT2D eigenvalue weighted by atomic mass is 10.2. The molecule has 1 aliphatic heterocycles. The predicted molar refractivity (Wildman–Crippen MR) is 62.5 cm³/mol. The van der Waals surface area contributed by atoms with Crippen LogP contribution in [0.5, 0.6) is 0 Å². The zero-order valence-electron chi connectivity index (χ0n) is 10.7. The molecule has 0 aliphatic carbocycles. The van der Waals surface area contributed by atoms with Crippen LogP contribution in [0.25, 0.3) is 0 Å². The molecule has 17 heavy (non-hydrogen) atoms. The highest BCUT2D eigenvalue weighted by atomic mass is 16.6. The Hall–Kier alpha value is -1.52. The first-order valence-electron chi connectivity index (χ1n) is 5.66. The van der Waals surface area contributed by atoms with Crippen molar-refractivity contribution in [2.75, 3.05) is 6.61 Å². The number of alkyl carbamates (subject to hydrolysis) is 1. The molecule has 0 fully saturated rings. The monoisotopic (exact) mass is 241 g/mol. The zero-order valence-corrected chi connectivity index (χ0v) is 10.7. The van der Waals surface area contributed by atoms with E-state index in [1.807, 2.05) is 0 Å². The Morgan fingerprint density at radius 2 is 2.12 bits per heavy atom. The number of rotatable bonds is 3. The molecule has 1 N–H and O–H groups in total. The Kier molecular flexibility index (Phi) is 4.15. The van der Waals surface area contributed by atoms with Gasteiger partial charge in [-0.2, -0.15) is 0 Å². The maximum Gasteiger partial charge on any atom is 0.408 e. The Labute approximate surface area is 101 Å². The van der Waals surface area contributed by atoms with Crippen LogP contribution in [0.15, 0.2) is 11.8 Å².